The number of likely N-dealkylation sites (tertiary alicyclic amines) is 1. The molecule has 2 amide bonds. The van der Waals surface area contributed by atoms with Crippen molar-refractivity contribution in [1.82, 2.24) is 15.5 Å². The molecule has 2 atom stereocenters. The summed E-state index contributed by atoms with van der Waals surface area (Å²) in [4.78, 5) is 27.6. The number of amides is 2. The molecule has 0 aromatic heterocycles. The van der Waals surface area contributed by atoms with Gasteiger partial charge in [0.15, 0.2) is 0 Å². The third-order valence-corrected chi connectivity index (χ3v) is 7.41. The van der Waals surface area contributed by atoms with Crippen LogP contribution in [0.25, 0.3) is 0 Å². The number of phenols is 1. The summed E-state index contributed by atoms with van der Waals surface area (Å²) in [5, 5.41) is 27.3. The summed E-state index contributed by atoms with van der Waals surface area (Å²) in [5.74, 6) is -2.46. The van der Waals surface area contributed by atoms with Gasteiger partial charge in [-0.25, -0.2) is 8.78 Å². The number of aliphatic hydroxyl groups is 1. The van der Waals surface area contributed by atoms with Crippen LogP contribution in [-0.2, 0) is 19.4 Å². The molecule has 1 fully saturated rings. The van der Waals surface area contributed by atoms with E-state index in [2.05, 4.69) is 17.6 Å². The number of benzene rings is 3. The van der Waals surface area contributed by atoms with Crippen LogP contribution in [-0.4, -0.2) is 58.7 Å². The number of halogens is 2. The molecular weight excluding hydrogens is 528 g/mol. The van der Waals surface area contributed by atoms with Gasteiger partial charge in [-0.3, -0.25) is 9.59 Å². The highest BCUT2D eigenvalue weighted by atomic mass is 19.1. The Hall–Kier alpha value is -3.82. The van der Waals surface area contributed by atoms with E-state index >= 15 is 0 Å². The number of carbonyl (C=O) groups excluding carboxylic acids is 2. The van der Waals surface area contributed by atoms with Crippen molar-refractivity contribution in [2.24, 2.45) is 0 Å². The number of piperidine rings is 1. The number of hydrogen-bond acceptors (Lipinski definition) is 5. The predicted molar refractivity (Wildman–Crippen MR) is 153 cm³/mol. The molecule has 0 aliphatic carbocycles. The average Bonchev–Trinajstić information content (AvgIpc) is 2.97. The summed E-state index contributed by atoms with van der Waals surface area (Å²) < 4.78 is 27.7. The van der Waals surface area contributed by atoms with Crippen LogP contribution in [0, 0.1) is 11.6 Å². The fourth-order valence-corrected chi connectivity index (χ4v) is 5.09. The van der Waals surface area contributed by atoms with Gasteiger partial charge in [0, 0.05) is 43.9 Å². The van der Waals surface area contributed by atoms with E-state index in [0.717, 1.165) is 42.9 Å². The highest BCUT2D eigenvalue weighted by molar-refractivity contribution is 6.01. The number of hydrogen-bond donors (Lipinski definition) is 4. The number of nitrogens with one attached hydrogen (secondary N) is 2. The molecule has 0 bridgehead atoms. The van der Waals surface area contributed by atoms with E-state index in [1.54, 1.807) is 4.90 Å². The lowest BCUT2D eigenvalue weighted by atomic mass is 9.99. The molecule has 0 spiro atoms. The quantitative estimate of drug-likeness (QED) is 0.277. The molecule has 41 heavy (non-hydrogen) atoms. The number of aromatic hydroxyl groups is 1. The third-order valence-electron chi connectivity index (χ3n) is 7.41. The van der Waals surface area contributed by atoms with Gasteiger partial charge in [0.05, 0.1) is 11.7 Å². The Kier molecular flexibility index (Phi) is 10.4. The van der Waals surface area contributed by atoms with E-state index in [9.17, 15) is 28.6 Å². The van der Waals surface area contributed by atoms with Gasteiger partial charge < -0.3 is 25.7 Å². The minimum Gasteiger partial charge on any atom is -0.507 e. The van der Waals surface area contributed by atoms with Crippen LogP contribution in [0.2, 0.25) is 0 Å². The number of aryl methyl sites for hydroxylation is 1. The monoisotopic (exact) mass is 565 g/mol. The zero-order chi connectivity index (χ0) is 29.4. The van der Waals surface area contributed by atoms with Crippen molar-refractivity contribution >= 4 is 11.8 Å². The highest BCUT2D eigenvalue weighted by Gasteiger charge is 2.24. The fourth-order valence-electron chi connectivity index (χ4n) is 5.09. The summed E-state index contributed by atoms with van der Waals surface area (Å²) in [6.07, 6.45) is 2.73. The molecule has 0 saturated carbocycles. The van der Waals surface area contributed by atoms with Crippen LogP contribution in [0.4, 0.5) is 8.78 Å². The zero-order valence-corrected chi connectivity index (χ0v) is 23.2. The first-order valence-electron chi connectivity index (χ1n) is 14.1. The molecule has 3 aromatic rings. The molecule has 4 N–H and O–H groups in total. The lowest BCUT2D eigenvalue weighted by molar-refractivity contribution is 0.0721. The molecule has 1 saturated heterocycles. The van der Waals surface area contributed by atoms with Gasteiger partial charge in [-0.05, 0) is 79.1 Å². The smallest absolute Gasteiger partial charge is 0.257 e. The summed E-state index contributed by atoms with van der Waals surface area (Å²) >= 11 is 0. The van der Waals surface area contributed by atoms with Crippen molar-refractivity contribution in [1.29, 1.82) is 0 Å². The van der Waals surface area contributed by atoms with Gasteiger partial charge >= 0.3 is 0 Å². The van der Waals surface area contributed by atoms with Crippen LogP contribution in [0.1, 0.15) is 63.6 Å². The van der Waals surface area contributed by atoms with Crippen LogP contribution >= 0.6 is 0 Å². The first-order valence-corrected chi connectivity index (χ1v) is 14.1. The fraction of sp³-hybridized carbons (Fsp3) is 0.375. The second-order valence-corrected chi connectivity index (χ2v) is 10.5. The maximum Gasteiger partial charge on any atom is 0.257 e. The number of phenolic OH excluding ortho intramolecular Hbond substituents is 1. The Morgan fingerprint density at radius 3 is 2.34 bits per heavy atom. The molecule has 4 rings (SSSR count). The number of aliphatic hydroxyl groups excluding tert-OH is 1. The SMILES string of the molecule is CCc1cccc(CNC(Cc2cc(F)cc(F)c2)[C@H](O)CNC(=O)c2ccc(O)c(C(=O)N3CCCCC3)c2)c1. The Labute approximate surface area is 239 Å². The molecule has 1 aliphatic rings. The van der Waals surface area contributed by atoms with Crippen molar-refractivity contribution in [3.8, 4) is 5.75 Å². The maximum atomic E-state index is 13.9. The number of carbonyl (C=O) groups is 2. The molecule has 0 radical (unpaired) electrons. The molecule has 3 aromatic carbocycles. The van der Waals surface area contributed by atoms with Gasteiger partial charge in [0.25, 0.3) is 11.8 Å². The van der Waals surface area contributed by atoms with Crippen LogP contribution in [0.3, 0.4) is 0 Å². The van der Waals surface area contributed by atoms with Crippen LogP contribution in [0.15, 0.2) is 60.7 Å². The number of nitrogens with zero attached hydrogens (tertiary/aromatic N) is 1. The Morgan fingerprint density at radius 2 is 1.63 bits per heavy atom. The average molecular weight is 566 g/mol. The Morgan fingerprint density at radius 1 is 0.927 bits per heavy atom. The third kappa shape index (κ3) is 8.34. The topological polar surface area (TPSA) is 102 Å². The normalized spacial score (nSPS) is 14.9. The largest absolute Gasteiger partial charge is 0.507 e. The lowest BCUT2D eigenvalue weighted by Gasteiger charge is -2.27. The Bertz CT molecular complexity index is 1340. The molecule has 1 aliphatic heterocycles. The van der Waals surface area contributed by atoms with E-state index < -0.39 is 29.7 Å². The minimum absolute atomic E-state index is 0.0575. The van der Waals surface area contributed by atoms with Crippen molar-refractivity contribution < 1.29 is 28.6 Å². The highest BCUT2D eigenvalue weighted by Crippen LogP contribution is 2.22. The summed E-state index contributed by atoms with van der Waals surface area (Å²) in [5.41, 5.74) is 2.75. The van der Waals surface area contributed by atoms with Gasteiger partial charge in [-0.2, -0.15) is 0 Å². The molecule has 1 unspecified atom stereocenters. The van der Waals surface area contributed by atoms with Gasteiger partial charge in [-0.15, -0.1) is 0 Å². The minimum atomic E-state index is -1.11. The maximum absolute atomic E-state index is 13.9. The van der Waals surface area contributed by atoms with E-state index in [1.807, 2.05) is 24.3 Å². The lowest BCUT2D eigenvalue weighted by Crippen LogP contribution is -2.47. The van der Waals surface area contributed by atoms with E-state index in [4.69, 9.17) is 0 Å². The number of rotatable bonds is 11. The molecule has 1 heterocycles. The van der Waals surface area contributed by atoms with Crippen molar-refractivity contribution in [3.05, 3.63) is 100 Å². The van der Waals surface area contributed by atoms with Gasteiger partial charge in [-0.1, -0.05) is 31.2 Å². The molecule has 7 nitrogen and oxygen atoms in total. The van der Waals surface area contributed by atoms with Crippen LogP contribution in [0.5, 0.6) is 5.75 Å². The van der Waals surface area contributed by atoms with Crippen molar-refractivity contribution in [3.63, 3.8) is 0 Å². The summed E-state index contributed by atoms with van der Waals surface area (Å²) in [6, 6.07) is 14.7. The standard InChI is InChI=1S/C32H37F2N3O4/c1-2-21-7-6-8-22(13-21)19-35-28(16-23-14-25(33)18-26(34)15-23)30(39)20-36-31(40)24-9-10-29(38)27(17-24)32(41)37-11-4-3-5-12-37/h6-10,13-15,17-18,28,30,35,38-39H,2-5,11-12,16,19-20H2,1H3,(H,36,40)/t28?,30-/m1/s1. The summed E-state index contributed by atoms with van der Waals surface area (Å²) in [7, 11) is 0. The van der Waals surface area contributed by atoms with E-state index in [1.165, 1.54) is 30.3 Å². The van der Waals surface area contributed by atoms with Gasteiger partial charge in [0.2, 0.25) is 0 Å². The van der Waals surface area contributed by atoms with E-state index in [-0.39, 0.29) is 35.7 Å². The van der Waals surface area contributed by atoms with Crippen molar-refractivity contribution in [2.75, 3.05) is 19.6 Å². The van der Waals surface area contributed by atoms with E-state index in [0.29, 0.717) is 25.2 Å². The second-order valence-electron chi connectivity index (χ2n) is 10.5. The van der Waals surface area contributed by atoms with Crippen LogP contribution < -0.4 is 10.6 Å². The first kappa shape index (κ1) is 30.1. The molecule has 218 valence electrons. The predicted octanol–water partition coefficient (Wildman–Crippen LogP) is 4.35. The molecular formula is C32H37F2N3O4. The second kappa shape index (κ2) is 14.2. The zero-order valence-electron chi connectivity index (χ0n) is 23.2. The summed E-state index contributed by atoms with van der Waals surface area (Å²) in [6.45, 7) is 3.52. The first-order chi connectivity index (χ1) is 19.7. The van der Waals surface area contributed by atoms with Gasteiger partial charge in [0.1, 0.15) is 17.4 Å². The Balaban J connectivity index is 1.44. The molecule has 9 heteroatoms. The van der Waals surface area contributed by atoms with Crippen molar-refractivity contribution in [2.45, 2.75) is 57.7 Å².